The van der Waals surface area contributed by atoms with Gasteiger partial charge in [0, 0.05) is 13.1 Å². The van der Waals surface area contributed by atoms with Gasteiger partial charge in [0.1, 0.15) is 12.4 Å². The minimum absolute atomic E-state index is 0.385. The minimum Gasteiger partial charge on any atom is -0.461 e. The summed E-state index contributed by atoms with van der Waals surface area (Å²) in [7, 11) is 0. The van der Waals surface area contributed by atoms with Crippen molar-refractivity contribution in [3.63, 3.8) is 0 Å². The summed E-state index contributed by atoms with van der Waals surface area (Å²) in [6.07, 6.45) is 1.60. The monoisotopic (exact) mass is 352 g/mol. The molecule has 2 aromatic heterocycles. The number of guanidine groups is 1. The highest BCUT2D eigenvalue weighted by molar-refractivity contribution is 5.79. The molecule has 3 aromatic rings. The molecular weight excluding hydrogens is 328 g/mol. The van der Waals surface area contributed by atoms with Crippen LogP contribution in [0.1, 0.15) is 31.2 Å². The van der Waals surface area contributed by atoms with Crippen LogP contribution >= 0.6 is 0 Å². The summed E-state index contributed by atoms with van der Waals surface area (Å²) < 4.78 is 5.30. The van der Waals surface area contributed by atoms with Gasteiger partial charge >= 0.3 is 0 Å². The van der Waals surface area contributed by atoms with Gasteiger partial charge in [-0.05, 0) is 30.5 Å². The van der Waals surface area contributed by atoms with Gasteiger partial charge in [-0.25, -0.2) is 9.98 Å². The Morgan fingerprint density at radius 1 is 1.19 bits per heavy atom. The lowest BCUT2D eigenvalue weighted by atomic mass is 10.0. The first-order chi connectivity index (χ1) is 12.8. The molecule has 1 aromatic carbocycles. The number of H-pyrrole nitrogens is 1. The van der Waals surface area contributed by atoms with E-state index in [1.54, 1.807) is 6.26 Å². The van der Waals surface area contributed by atoms with E-state index in [2.05, 4.69) is 62.0 Å². The maximum absolute atomic E-state index is 5.30. The largest absolute Gasteiger partial charge is 0.461 e. The van der Waals surface area contributed by atoms with E-state index < -0.39 is 0 Å². The molecule has 7 heteroatoms. The van der Waals surface area contributed by atoms with Gasteiger partial charge in [0.15, 0.2) is 11.7 Å². The summed E-state index contributed by atoms with van der Waals surface area (Å²) in [6, 6.07) is 14.1. The van der Waals surface area contributed by atoms with E-state index in [0.29, 0.717) is 29.9 Å². The number of nitrogens with zero attached hydrogens (tertiary/aromatic N) is 3. The number of aliphatic imine (C=N–C) groups is 1. The molecule has 0 aliphatic heterocycles. The Hall–Kier alpha value is -3.09. The quantitative estimate of drug-likeness (QED) is 0.449. The lowest BCUT2D eigenvalue weighted by Gasteiger charge is -2.16. The Morgan fingerprint density at radius 2 is 2.04 bits per heavy atom. The standard InChI is InChI=1S/C19H24N6O/c1-3-20-19(21-12-14(2)15-8-5-4-6-9-15)22-13-17-23-18(25-24-17)16-10-7-11-26-16/h4-11,14H,3,12-13H2,1-2H3,(H2,20,21,22)(H,23,24,25). The van der Waals surface area contributed by atoms with Crippen LogP contribution < -0.4 is 10.6 Å². The van der Waals surface area contributed by atoms with E-state index in [-0.39, 0.29) is 0 Å². The fourth-order valence-electron chi connectivity index (χ4n) is 2.53. The van der Waals surface area contributed by atoms with Crippen molar-refractivity contribution < 1.29 is 4.42 Å². The molecule has 7 nitrogen and oxygen atoms in total. The van der Waals surface area contributed by atoms with E-state index in [4.69, 9.17) is 4.42 Å². The fraction of sp³-hybridized carbons (Fsp3) is 0.316. The summed E-state index contributed by atoms with van der Waals surface area (Å²) in [5, 5.41) is 13.7. The smallest absolute Gasteiger partial charge is 0.216 e. The number of furan rings is 1. The third kappa shape index (κ3) is 4.72. The van der Waals surface area contributed by atoms with Crippen molar-refractivity contribution >= 4 is 5.96 Å². The molecule has 0 bridgehead atoms. The zero-order valence-electron chi connectivity index (χ0n) is 15.1. The van der Waals surface area contributed by atoms with Gasteiger partial charge in [0.2, 0.25) is 5.82 Å². The van der Waals surface area contributed by atoms with Crippen LogP contribution in [0.15, 0.2) is 58.1 Å². The first-order valence-electron chi connectivity index (χ1n) is 8.78. The minimum atomic E-state index is 0.385. The highest BCUT2D eigenvalue weighted by Gasteiger charge is 2.09. The molecule has 26 heavy (non-hydrogen) atoms. The molecule has 0 radical (unpaired) electrons. The van der Waals surface area contributed by atoms with Gasteiger partial charge in [-0.2, -0.15) is 0 Å². The summed E-state index contributed by atoms with van der Waals surface area (Å²) in [5.74, 6) is 3.00. The lowest BCUT2D eigenvalue weighted by molar-refractivity contribution is 0.577. The van der Waals surface area contributed by atoms with Crippen molar-refractivity contribution in [1.29, 1.82) is 0 Å². The van der Waals surface area contributed by atoms with Crippen molar-refractivity contribution in [2.75, 3.05) is 13.1 Å². The summed E-state index contributed by atoms with van der Waals surface area (Å²) >= 11 is 0. The van der Waals surface area contributed by atoms with Crippen molar-refractivity contribution in [3.8, 4) is 11.6 Å². The average Bonchev–Trinajstić information content (AvgIpc) is 3.36. The van der Waals surface area contributed by atoms with Gasteiger partial charge in [0.05, 0.1) is 6.26 Å². The predicted octanol–water partition coefficient (Wildman–Crippen LogP) is 2.92. The second-order valence-electron chi connectivity index (χ2n) is 5.97. The number of benzene rings is 1. The third-order valence-electron chi connectivity index (χ3n) is 3.95. The molecule has 136 valence electrons. The number of rotatable bonds is 7. The van der Waals surface area contributed by atoms with Crippen molar-refractivity contribution in [3.05, 3.63) is 60.1 Å². The van der Waals surface area contributed by atoms with Crippen molar-refractivity contribution in [2.24, 2.45) is 4.99 Å². The number of aromatic nitrogens is 3. The first-order valence-corrected chi connectivity index (χ1v) is 8.78. The molecule has 0 amide bonds. The molecule has 0 saturated carbocycles. The Bertz CT molecular complexity index is 810. The molecule has 0 fully saturated rings. The molecule has 0 aliphatic rings. The van der Waals surface area contributed by atoms with E-state index in [9.17, 15) is 0 Å². The van der Waals surface area contributed by atoms with Gasteiger partial charge in [-0.3, -0.25) is 5.10 Å². The Morgan fingerprint density at radius 3 is 2.77 bits per heavy atom. The zero-order valence-corrected chi connectivity index (χ0v) is 15.1. The number of hydrogen-bond acceptors (Lipinski definition) is 4. The van der Waals surface area contributed by atoms with Crippen LogP contribution in [0.25, 0.3) is 11.6 Å². The normalized spacial score (nSPS) is 12.8. The van der Waals surface area contributed by atoms with Gasteiger partial charge in [0.25, 0.3) is 0 Å². The SMILES string of the molecule is CCNC(=NCc1nc(-c2ccco2)n[nH]1)NCC(C)c1ccccc1. The highest BCUT2D eigenvalue weighted by Crippen LogP contribution is 2.15. The van der Waals surface area contributed by atoms with Crippen molar-refractivity contribution in [1.82, 2.24) is 25.8 Å². The fourth-order valence-corrected chi connectivity index (χ4v) is 2.53. The Balaban J connectivity index is 1.58. The van der Waals surface area contributed by atoms with Crippen LogP contribution in [-0.2, 0) is 6.54 Å². The van der Waals surface area contributed by atoms with Crippen LogP contribution in [0, 0.1) is 0 Å². The lowest BCUT2D eigenvalue weighted by Crippen LogP contribution is -2.39. The van der Waals surface area contributed by atoms with Crippen LogP contribution in [0.3, 0.4) is 0 Å². The maximum Gasteiger partial charge on any atom is 0.216 e. The Labute approximate surface area is 153 Å². The molecule has 2 heterocycles. The average molecular weight is 352 g/mol. The second-order valence-corrected chi connectivity index (χ2v) is 5.97. The molecule has 0 spiro atoms. The van der Waals surface area contributed by atoms with Crippen LogP contribution in [0.2, 0.25) is 0 Å². The second kappa shape index (κ2) is 8.84. The van der Waals surface area contributed by atoms with Crippen LogP contribution in [0.5, 0.6) is 0 Å². The molecular formula is C19H24N6O. The summed E-state index contributed by atoms with van der Waals surface area (Å²) in [6.45, 7) is 6.23. The number of nitrogens with one attached hydrogen (secondary N) is 3. The predicted molar refractivity (Wildman–Crippen MR) is 102 cm³/mol. The van der Waals surface area contributed by atoms with Crippen molar-refractivity contribution in [2.45, 2.75) is 26.3 Å². The molecule has 1 atom stereocenters. The molecule has 1 unspecified atom stereocenters. The van der Waals surface area contributed by atoms with Gasteiger partial charge in [-0.15, -0.1) is 5.10 Å². The molecule has 3 N–H and O–H groups in total. The Kier molecular flexibility index (Phi) is 6.03. The molecule has 0 saturated heterocycles. The number of hydrogen-bond donors (Lipinski definition) is 3. The topological polar surface area (TPSA) is 91.1 Å². The zero-order chi connectivity index (χ0) is 18.2. The summed E-state index contributed by atoms with van der Waals surface area (Å²) in [5.41, 5.74) is 1.30. The van der Waals surface area contributed by atoms with Crippen LogP contribution in [-0.4, -0.2) is 34.2 Å². The summed E-state index contributed by atoms with van der Waals surface area (Å²) in [4.78, 5) is 8.98. The van der Waals surface area contributed by atoms with Crippen LogP contribution in [0.4, 0.5) is 0 Å². The molecule has 0 aliphatic carbocycles. The van der Waals surface area contributed by atoms with E-state index in [0.717, 1.165) is 19.0 Å². The first kappa shape index (κ1) is 17.7. The molecule has 3 rings (SSSR count). The third-order valence-corrected chi connectivity index (χ3v) is 3.95. The maximum atomic E-state index is 5.30. The number of aromatic amines is 1. The highest BCUT2D eigenvalue weighted by atomic mass is 16.3. The van der Waals surface area contributed by atoms with E-state index in [1.165, 1.54) is 5.56 Å². The van der Waals surface area contributed by atoms with Gasteiger partial charge in [-0.1, -0.05) is 37.3 Å². The van der Waals surface area contributed by atoms with E-state index in [1.807, 2.05) is 25.1 Å². The van der Waals surface area contributed by atoms with E-state index >= 15 is 0 Å². The van der Waals surface area contributed by atoms with Gasteiger partial charge < -0.3 is 15.1 Å².